The molecule has 0 fully saturated rings. The van der Waals surface area contributed by atoms with Crippen molar-refractivity contribution in [3.8, 4) is 0 Å². The molecule has 0 aromatic heterocycles. The van der Waals surface area contributed by atoms with E-state index in [9.17, 15) is 14.4 Å². The van der Waals surface area contributed by atoms with Crippen LogP contribution in [0.2, 0.25) is 0 Å². The molecule has 342 valence electrons. The largest absolute Gasteiger partial charge is 0.462 e. The molecule has 0 aliphatic heterocycles. The topological polar surface area (TPSA) is 78.9 Å². The Morgan fingerprint density at radius 2 is 0.717 bits per heavy atom. The lowest BCUT2D eigenvalue weighted by Gasteiger charge is -2.18. The summed E-state index contributed by atoms with van der Waals surface area (Å²) >= 11 is 0. The first-order valence-electron chi connectivity index (χ1n) is 24.6. The second-order valence-corrected chi connectivity index (χ2v) is 16.0. The fourth-order valence-corrected chi connectivity index (χ4v) is 6.43. The van der Waals surface area contributed by atoms with Crippen LogP contribution in [0.5, 0.6) is 0 Å². The molecule has 0 saturated carbocycles. The molecular weight excluding hydrogens is 745 g/mol. The number of hydrogen-bond donors (Lipinski definition) is 0. The van der Waals surface area contributed by atoms with Gasteiger partial charge in [0.15, 0.2) is 6.10 Å². The van der Waals surface area contributed by atoms with Gasteiger partial charge >= 0.3 is 17.9 Å². The van der Waals surface area contributed by atoms with Gasteiger partial charge < -0.3 is 14.2 Å². The summed E-state index contributed by atoms with van der Waals surface area (Å²) in [5, 5.41) is 0. The summed E-state index contributed by atoms with van der Waals surface area (Å²) in [4.78, 5) is 37.8. The molecule has 0 saturated heterocycles. The Bertz CT molecular complexity index is 1190. The molecule has 6 heteroatoms. The quantitative estimate of drug-likeness (QED) is 0.0263. The summed E-state index contributed by atoms with van der Waals surface area (Å²) in [6, 6.07) is 0. The van der Waals surface area contributed by atoms with Gasteiger partial charge in [-0.2, -0.15) is 0 Å². The minimum atomic E-state index is -0.836. The van der Waals surface area contributed by atoms with E-state index in [-0.39, 0.29) is 31.6 Å². The summed E-state index contributed by atoms with van der Waals surface area (Å²) in [5.41, 5.74) is 0. The van der Waals surface area contributed by atoms with Gasteiger partial charge in [-0.1, -0.05) is 196 Å². The number of hydrogen-bond acceptors (Lipinski definition) is 6. The zero-order chi connectivity index (χ0) is 43.7. The SMILES string of the molecule is CC/C=C\C/C=C\C/C=C\C/C=C\C/C=C\CC(=O)OC(COC(=O)CCCCCCC/C=C\CCCC)COC(=O)CCCCCCC/C=C\CCCCCCCCC. The molecule has 0 aromatic carbocycles. The number of esters is 3. The van der Waals surface area contributed by atoms with Gasteiger partial charge in [-0.15, -0.1) is 0 Å². The van der Waals surface area contributed by atoms with Crippen molar-refractivity contribution < 1.29 is 28.6 Å². The molecule has 0 radical (unpaired) electrons. The standard InChI is InChI=1S/C54H90O6/c1-4-7-10-13-16-19-22-24-26-28-29-32-35-38-41-44-47-53(56)59-50-51(49-58-52(55)46-43-40-37-34-31-21-18-15-12-9-6-3)60-54(57)48-45-42-39-36-33-30-27-25-23-20-17-14-11-8-5-2/h8,11,15,17-18,20,25-28,33,36,42,45,51H,4-7,9-10,12-14,16,19,21-24,29-32,34-35,37-41,43-44,46-50H2,1-3H3/b11-8-,18-15-,20-17-,27-25-,28-26-,36-33-,45-42-. The van der Waals surface area contributed by atoms with Crippen LogP contribution in [0.25, 0.3) is 0 Å². The van der Waals surface area contributed by atoms with Crippen LogP contribution in [0, 0.1) is 0 Å². The Morgan fingerprint density at radius 1 is 0.367 bits per heavy atom. The number of unbranched alkanes of at least 4 members (excludes halogenated alkanes) is 19. The highest BCUT2D eigenvalue weighted by Crippen LogP contribution is 2.13. The lowest BCUT2D eigenvalue weighted by molar-refractivity contribution is -0.166. The van der Waals surface area contributed by atoms with E-state index in [1.807, 2.05) is 6.08 Å². The fraction of sp³-hybridized carbons (Fsp3) is 0.685. The zero-order valence-electron chi connectivity index (χ0n) is 38.9. The number of carbonyl (C=O) groups excluding carboxylic acids is 3. The molecule has 0 bridgehead atoms. The minimum absolute atomic E-state index is 0.0927. The van der Waals surface area contributed by atoms with Gasteiger partial charge in [-0.25, -0.2) is 0 Å². The smallest absolute Gasteiger partial charge is 0.310 e. The van der Waals surface area contributed by atoms with Crippen molar-refractivity contribution in [2.24, 2.45) is 0 Å². The molecule has 0 aliphatic carbocycles. The van der Waals surface area contributed by atoms with Gasteiger partial charge in [0.05, 0.1) is 6.42 Å². The van der Waals surface area contributed by atoms with E-state index in [1.54, 1.807) is 6.08 Å². The van der Waals surface area contributed by atoms with Crippen LogP contribution < -0.4 is 0 Å². The molecule has 0 rings (SSSR count). The lowest BCUT2D eigenvalue weighted by atomic mass is 10.1. The van der Waals surface area contributed by atoms with E-state index in [0.717, 1.165) is 96.3 Å². The van der Waals surface area contributed by atoms with Crippen molar-refractivity contribution >= 4 is 17.9 Å². The molecular formula is C54H90O6. The third kappa shape index (κ3) is 45.7. The highest BCUT2D eigenvalue weighted by atomic mass is 16.6. The summed E-state index contributed by atoms with van der Waals surface area (Å²) in [6.45, 7) is 6.37. The summed E-state index contributed by atoms with van der Waals surface area (Å²) in [7, 11) is 0. The molecule has 0 amide bonds. The third-order valence-electron chi connectivity index (χ3n) is 10.1. The third-order valence-corrected chi connectivity index (χ3v) is 10.1. The average Bonchev–Trinajstić information content (AvgIpc) is 3.24. The van der Waals surface area contributed by atoms with Crippen molar-refractivity contribution in [3.63, 3.8) is 0 Å². The van der Waals surface area contributed by atoms with Crippen molar-refractivity contribution in [3.05, 3.63) is 85.1 Å². The molecule has 0 N–H and O–H groups in total. The monoisotopic (exact) mass is 835 g/mol. The Kier molecular flexibility index (Phi) is 45.5. The molecule has 6 nitrogen and oxygen atoms in total. The molecule has 60 heavy (non-hydrogen) atoms. The molecule has 1 unspecified atom stereocenters. The Hall–Kier alpha value is -3.41. The van der Waals surface area contributed by atoms with E-state index in [2.05, 4.69) is 93.7 Å². The van der Waals surface area contributed by atoms with Gasteiger partial charge in [-0.3, -0.25) is 14.4 Å². The van der Waals surface area contributed by atoms with Crippen LogP contribution in [-0.4, -0.2) is 37.2 Å². The number of rotatable bonds is 43. The normalized spacial score (nSPS) is 12.8. The first-order valence-corrected chi connectivity index (χ1v) is 24.6. The lowest BCUT2D eigenvalue weighted by Crippen LogP contribution is -2.30. The zero-order valence-corrected chi connectivity index (χ0v) is 38.9. The first-order chi connectivity index (χ1) is 29.5. The van der Waals surface area contributed by atoms with Gasteiger partial charge in [0, 0.05) is 12.8 Å². The summed E-state index contributed by atoms with van der Waals surface area (Å²) in [6.07, 6.45) is 61.6. The first kappa shape index (κ1) is 56.6. The maximum absolute atomic E-state index is 12.7. The van der Waals surface area contributed by atoms with E-state index in [0.29, 0.717) is 12.8 Å². The van der Waals surface area contributed by atoms with Crippen LogP contribution in [-0.2, 0) is 28.6 Å². The molecule has 0 aromatic rings. The summed E-state index contributed by atoms with van der Waals surface area (Å²) < 4.78 is 16.6. The van der Waals surface area contributed by atoms with E-state index < -0.39 is 12.1 Å². The highest BCUT2D eigenvalue weighted by Gasteiger charge is 2.19. The van der Waals surface area contributed by atoms with Gasteiger partial charge in [-0.05, 0) is 89.9 Å². The second-order valence-electron chi connectivity index (χ2n) is 16.0. The van der Waals surface area contributed by atoms with Crippen LogP contribution in [0.1, 0.15) is 220 Å². The van der Waals surface area contributed by atoms with Crippen molar-refractivity contribution in [2.75, 3.05) is 13.2 Å². The molecule has 0 spiro atoms. The van der Waals surface area contributed by atoms with Crippen molar-refractivity contribution in [1.82, 2.24) is 0 Å². The summed E-state index contributed by atoms with van der Waals surface area (Å²) in [5.74, 6) is -1.07. The van der Waals surface area contributed by atoms with Crippen LogP contribution in [0.15, 0.2) is 85.1 Å². The van der Waals surface area contributed by atoms with Crippen molar-refractivity contribution in [2.45, 2.75) is 226 Å². The fourth-order valence-electron chi connectivity index (χ4n) is 6.43. The van der Waals surface area contributed by atoms with E-state index in [1.165, 1.54) is 83.5 Å². The van der Waals surface area contributed by atoms with E-state index in [4.69, 9.17) is 14.2 Å². The Labute approximate surface area is 369 Å². The van der Waals surface area contributed by atoms with Gasteiger partial charge in [0.2, 0.25) is 0 Å². The number of carbonyl (C=O) groups is 3. The molecule has 0 heterocycles. The Balaban J connectivity index is 4.52. The predicted molar refractivity (Wildman–Crippen MR) is 256 cm³/mol. The Morgan fingerprint density at radius 3 is 1.13 bits per heavy atom. The predicted octanol–water partition coefficient (Wildman–Crippen LogP) is 16.0. The van der Waals surface area contributed by atoms with E-state index >= 15 is 0 Å². The highest BCUT2D eigenvalue weighted by molar-refractivity contribution is 5.72. The average molecular weight is 835 g/mol. The van der Waals surface area contributed by atoms with Gasteiger partial charge in [0.25, 0.3) is 0 Å². The van der Waals surface area contributed by atoms with Crippen LogP contribution >= 0.6 is 0 Å². The molecule has 1 atom stereocenters. The second kappa shape index (κ2) is 48.3. The van der Waals surface area contributed by atoms with Crippen LogP contribution in [0.3, 0.4) is 0 Å². The van der Waals surface area contributed by atoms with Crippen molar-refractivity contribution in [1.29, 1.82) is 0 Å². The number of ether oxygens (including phenoxy) is 3. The maximum Gasteiger partial charge on any atom is 0.310 e. The molecule has 0 aliphatic rings. The van der Waals surface area contributed by atoms with Crippen LogP contribution in [0.4, 0.5) is 0 Å². The number of allylic oxidation sites excluding steroid dienone is 13. The minimum Gasteiger partial charge on any atom is -0.462 e. The van der Waals surface area contributed by atoms with Gasteiger partial charge in [0.1, 0.15) is 13.2 Å². The maximum atomic E-state index is 12.7.